The number of hydrogen-bond acceptors (Lipinski definition) is 5. The van der Waals surface area contributed by atoms with Gasteiger partial charge in [-0.05, 0) is 38.2 Å². The van der Waals surface area contributed by atoms with Gasteiger partial charge < -0.3 is 5.32 Å². The van der Waals surface area contributed by atoms with Gasteiger partial charge in [-0.3, -0.25) is 0 Å². The summed E-state index contributed by atoms with van der Waals surface area (Å²) < 4.78 is 49.7. The van der Waals surface area contributed by atoms with Crippen LogP contribution in [0.25, 0.3) is 0 Å². The Labute approximate surface area is 132 Å². The van der Waals surface area contributed by atoms with Gasteiger partial charge in [0.1, 0.15) is 0 Å². The molecule has 0 heterocycles. The fraction of sp³-hybridized carbons (Fsp3) is 0.500. The van der Waals surface area contributed by atoms with Gasteiger partial charge >= 0.3 is 0 Å². The molecule has 9 heteroatoms. The summed E-state index contributed by atoms with van der Waals surface area (Å²) in [5.41, 5.74) is 0. The molecular formula is C12H21ClN2O4S2. The Balaban J connectivity index is 0.00000400. The molecule has 0 aliphatic carbocycles. The number of nitrogens with one attached hydrogen (secondary N) is 2. The summed E-state index contributed by atoms with van der Waals surface area (Å²) >= 11 is 0. The minimum absolute atomic E-state index is 0. The van der Waals surface area contributed by atoms with E-state index >= 15 is 0 Å². The van der Waals surface area contributed by atoms with E-state index in [9.17, 15) is 16.8 Å². The van der Waals surface area contributed by atoms with E-state index in [2.05, 4.69) is 10.0 Å². The molecule has 0 radical (unpaired) electrons. The molecule has 0 fully saturated rings. The second kappa shape index (κ2) is 8.09. The molecule has 1 unspecified atom stereocenters. The van der Waals surface area contributed by atoms with Crippen molar-refractivity contribution in [1.29, 1.82) is 0 Å². The van der Waals surface area contributed by atoms with Crippen LogP contribution in [-0.2, 0) is 19.9 Å². The Morgan fingerprint density at radius 2 is 1.52 bits per heavy atom. The summed E-state index contributed by atoms with van der Waals surface area (Å²) in [6, 6.07) is 5.23. The maximum atomic E-state index is 12.0. The number of hydrogen-bond donors (Lipinski definition) is 2. The molecule has 0 bridgehead atoms. The largest absolute Gasteiger partial charge is 0.316 e. The minimum atomic E-state index is -3.62. The predicted molar refractivity (Wildman–Crippen MR) is 85.1 cm³/mol. The minimum Gasteiger partial charge on any atom is -0.316 e. The van der Waals surface area contributed by atoms with E-state index in [-0.39, 0.29) is 40.5 Å². The van der Waals surface area contributed by atoms with Crippen LogP contribution in [0.2, 0.25) is 0 Å². The van der Waals surface area contributed by atoms with Gasteiger partial charge in [0.15, 0.2) is 9.84 Å². The van der Waals surface area contributed by atoms with Gasteiger partial charge in [-0.25, -0.2) is 21.6 Å². The van der Waals surface area contributed by atoms with E-state index in [0.29, 0.717) is 0 Å². The molecule has 1 atom stereocenters. The van der Waals surface area contributed by atoms with Crippen molar-refractivity contribution in [2.75, 3.05) is 19.3 Å². The summed E-state index contributed by atoms with van der Waals surface area (Å²) in [6.45, 7) is 3.65. The lowest BCUT2D eigenvalue weighted by Crippen LogP contribution is -2.37. The fourth-order valence-corrected chi connectivity index (χ4v) is 3.43. The first-order valence-electron chi connectivity index (χ1n) is 6.22. The Morgan fingerprint density at radius 1 is 1.05 bits per heavy atom. The molecule has 0 aromatic heterocycles. The molecule has 0 saturated heterocycles. The van der Waals surface area contributed by atoms with Crippen molar-refractivity contribution in [3.63, 3.8) is 0 Å². The van der Waals surface area contributed by atoms with E-state index in [0.717, 1.165) is 0 Å². The molecular weight excluding hydrogens is 336 g/mol. The number of sulfonamides is 1. The number of benzene rings is 1. The van der Waals surface area contributed by atoms with Crippen molar-refractivity contribution < 1.29 is 16.8 Å². The number of sulfone groups is 1. The van der Waals surface area contributed by atoms with Gasteiger partial charge in [0, 0.05) is 12.6 Å². The van der Waals surface area contributed by atoms with E-state index in [4.69, 9.17) is 0 Å². The van der Waals surface area contributed by atoms with Crippen molar-refractivity contribution in [3.05, 3.63) is 24.3 Å². The predicted octanol–water partition coefficient (Wildman–Crippen LogP) is 0.788. The van der Waals surface area contributed by atoms with Crippen LogP contribution < -0.4 is 10.0 Å². The van der Waals surface area contributed by atoms with E-state index < -0.39 is 19.9 Å². The third-order valence-electron chi connectivity index (χ3n) is 2.95. The lowest BCUT2D eigenvalue weighted by atomic mass is 10.4. The molecule has 0 spiro atoms. The second-order valence-electron chi connectivity index (χ2n) is 4.42. The van der Waals surface area contributed by atoms with E-state index in [1.165, 1.54) is 24.3 Å². The fourth-order valence-electron chi connectivity index (χ4n) is 1.41. The molecule has 1 aromatic carbocycles. The summed E-state index contributed by atoms with van der Waals surface area (Å²) in [5, 5.41) is 2.92. The Kier molecular flexibility index (Phi) is 7.83. The van der Waals surface area contributed by atoms with Crippen LogP contribution in [-0.4, -0.2) is 42.2 Å². The van der Waals surface area contributed by atoms with Crippen molar-refractivity contribution in [1.82, 2.24) is 10.0 Å². The zero-order valence-corrected chi connectivity index (χ0v) is 14.6. The molecule has 122 valence electrons. The smallest absolute Gasteiger partial charge is 0.240 e. The van der Waals surface area contributed by atoms with Crippen molar-refractivity contribution in [3.8, 4) is 0 Å². The highest BCUT2D eigenvalue weighted by molar-refractivity contribution is 7.91. The number of likely N-dealkylation sites (N-methyl/N-ethyl adjacent to an activating group) is 1. The maximum Gasteiger partial charge on any atom is 0.240 e. The molecule has 1 rings (SSSR count). The lowest BCUT2D eigenvalue weighted by molar-refractivity contribution is 0.554. The highest BCUT2D eigenvalue weighted by Gasteiger charge is 2.17. The standard InChI is InChI=1S/C12H20N2O4S2.ClH/c1-4-19(15,16)11-5-7-12(8-6-11)20(17,18)14-9-10(2)13-3;/h5-8,10,13-14H,4,9H2,1-3H3;1H. The SMILES string of the molecule is CCS(=O)(=O)c1ccc(S(=O)(=O)NCC(C)NC)cc1.Cl. The Bertz CT molecular complexity index is 642. The zero-order valence-electron chi connectivity index (χ0n) is 12.2. The van der Waals surface area contributed by atoms with E-state index in [1.807, 2.05) is 6.92 Å². The van der Waals surface area contributed by atoms with Crippen LogP contribution in [0, 0.1) is 0 Å². The van der Waals surface area contributed by atoms with Gasteiger partial charge in [-0.1, -0.05) is 6.92 Å². The van der Waals surface area contributed by atoms with Crippen LogP contribution in [0.3, 0.4) is 0 Å². The first-order valence-corrected chi connectivity index (χ1v) is 9.36. The molecule has 2 N–H and O–H groups in total. The summed E-state index contributed by atoms with van der Waals surface area (Å²) in [5.74, 6) is -0.0168. The first kappa shape index (κ1) is 20.3. The van der Waals surface area contributed by atoms with Crippen molar-refractivity contribution >= 4 is 32.3 Å². The monoisotopic (exact) mass is 356 g/mol. The van der Waals surface area contributed by atoms with Gasteiger partial charge in [-0.2, -0.15) is 0 Å². The summed E-state index contributed by atoms with van der Waals surface area (Å²) in [6.07, 6.45) is 0. The third kappa shape index (κ3) is 5.55. The van der Waals surface area contributed by atoms with Crippen LogP contribution >= 0.6 is 12.4 Å². The van der Waals surface area contributed by atoms with Crippen molar-refractivity contribution in [2.45, 2.75) is 29.7 Å². The third-order valence-corrected chi connectivity index (χ3v) is 6.14. The molecule has 0 saturated carbocycles. The van der Waals surface area contributed by atoms with Crippen LogP contribution in [0.1, 0.15) is 13.8 Å². The first-order chi connectivity index (χ1) is 9.23. The lowest BCUT2D eigenvalue weighted by Gasteiger charge is -2.12. The van der Waals surface area contributed by atoms with Crippen molar-refractivity contribution in [2.24, 2.45) is 0 Å². The second-order valence-corrected chi connectivity index (χ2v) is 8.46. The number of halogens is 1. The average molecular weight is 357 g/mol. The maximum absolute atomic E-state index is 12.0. The summed E-state index contributed by atoms with van der Waals surface area (Å²) in [4.78, 5) is 0.179. The molecule has 1 aromatic rings. The molecule has 21 heavy (non-hydrogen) atoms. The quantitative estimate of drug-likeness (QED) is 0.753. The van der Waals surface area contributed by atoms with Gasteiger partial charge in [0.05, 0.1) is 15.5 Å². The molecule has 0 amide bonds. The Hall–Kier alpha value is -0.670. The Morgan fingerprint density at radius 3 is 1.95 bits per heavy atom. The average Bonchev–Trinajstić information content (AvgIpc) is 2.45. The summed E-state index contributed by atoms with van der Waals surface area (Å²) in [7, 11) is -5.20. The highest BCUT2D eigenvalue weighted by atomic mass is 35.5. The molecule has 0 aliphatic rings. The zero-order chi connectivity index (χ0) is 15.4. The van der Waals surface area contributed by atoms with Crippen LogP contribution in [0.15, 0.2) is 34.1 Å². The topological polar surface area (TPSA) is 92.3 Å². The highest BCUT2D eigenvalue weighted by Crippen LogP contribution is 2.15. The molecule has 0 aliphatic heterocycles. The van der Waals surface area contributed by atoms with Crippen LogP contribution in [0.4, 0.5) is 0 Å². The van der Waals surface area contributed by atoms with Gasteiger partial charge in [-0.15, -0.1) is 12.4 Å². The number of rotatable bonds is 7. The molecule has 6 nitrogen and oxygen atoms in total. The van der Waals surface area contributed by atoms with Crippen LogP contribution in [0.5, 0.6) is 0 Å². The van der Waals surface area contributed by atoms with Gasteiger partial charge in [0.2, 0.25) is 10.0 Å². The van der Waals surface area contributed by atoms with Gasteiger partial charge in [0.25, 0.3) is 0 Å². The normalized spacial score (nSPS) is 13.5. The van der Waals surface area contributed by atoms with E-state index in [1.54, 1.807) is 14.0 Å².